The third-order valence-electron chi connectivity index (χ3n) is 6.90. The highest BCUT2D eigenvalue weighted by Crippen LogP contribution is 2.43. The van der Waals surface area contributed by atoms with Gasteiger partial charge in [0.25, 0.3) is 5.91 Å². The molecule has 2 aromatic rings. The Labute approximate surface area is 184 Å². The number of hydrazone groups is 1. The summed E-state index contributed by atoms with van der Waals surface area (Å²) in [4.78, 5) is 18.1. The maximum Gasteiger partial charge on any atom is 0.257 e. The Morgan fingerprint density at radius 3 is 2.55 bits per heavy atom. The Balaban J connectivity index is 1.46. The van der Waals surface area contributed by atoms with E-state index in [1.165, 1.54) is 11.1 Å². The lowest BCUT2D eigenvalue weighted by Gasteiger charge is -2.34. The summed E-state index contributed by atoms with van der Waals surface area (Å²) in [6, 6.07) is 16.6. The second-order valence-electron chi connectivity index (χ2n) is 8.82. The molecule has 0 aromatic heterocycles. The zero-order valence-corrected chi connectivity index (χ0v) is 18.3. The van der Waals surface area contributed by atoms with Gasteiger partial charge >= 0.3 is 0 Å². The van der Waals surface area contributed by atoms with Gasteiger partial charge in [-0.3, -0.25) is 9.69 Å². The van der Waals surface area contributed by atoms with Crippen molar-refractivity contribution >= 4 is 11.6 Å². The Morgan fingerprint density at radius 1 is 1.06 bits per heavy atom. The number of carbonyl (C=O) groups is 1. The van der Waals surface area contributed by atoms with Crippen LogP contribution in [0.4, 0.5) is 0 Å². The average molecular weight is 419 g/mol. The number of rotatable bonds is 4. The molecule has 0 N–H and O–H groups in total. The molecule has 0 unspecified atom stereocenters. The van der Waals surface area contributed by atoms with E-state index in [-0.39, 0.29) is 17.9 Å². The normalized spacial score (nSPS) is 23.8. The van der Waals surface area contributed by atoms with Crippen molar-refractivity contribution in [1.29, 1.82) is 0 Å². The van der Waals surface area contributed by atoms with Crippen LogP contribution in [-0.2, 0) is 11.2 Å². The van der Waals surface area contributed by atoms with E-state index >= 15 is 0 Å². The van der Waals surface area contributed by atoms with Crippen LogP contribution >= 0.6 is 0 Å². The van der Waals surface area contributed by atoms with Gasteiger partial charge in [0.05, 0.1) is 25.4 Å². The first kappa shape index (κ1) is 20.2. The molecule has 3 aliphatic rings. The van der Waals surface area contributed by atoms with Crippen molar-refractivity contribution in [2.24, 2.45) is 11.0 Å². The molecule has 2 atom stereocenters. The van der Waals surface area contributed by atoms with Gasteiger partial charge in [0.2, 0.25) is 0 Å². The molecule has 1 amide bonds. The highest BCUT2D eigenvalue weighted by Gasteiger charge is 2.44. The number of aryl methyl sites for hydroxylation is 1. The predicted octanol–water partition coefficient (Wildman–Crippen LogP) is 2.79. The van der Waals surface area contributed by atoms with Crippen LogP contribution in [-0.4, -0.2) is 73.3 Å². The number of ether oxygens (including phenoxy) is 1. The molecule has 5 rings (SSSR count). The van der Waals surface area contributed by atoms with Gasteiger partial charge in [0.15, 0.2) is 0 Å². The van der Waals surface area contributed by atoms with Gasteiger partial charge in [-0.1, -0.05) is 36.4 Å². The van der Waals surface area contributed by atoms with Crippen molar-refractivity contribution in [1.82, 2.24) is 14.8 Å². The van der Waals surface area contributed by atoms with Gasteiger partial charge < -0.3 is 9.64 Å². The number of hydrogen-bond donors (Lipinski definition) is 0. The van der Waals surface area contributed by atoms with E-state index in [1.807, 2.05) is 12.1 Å². The Hall–Kier alpha value is -2.70. The summed E-state index contributed by atoms with van der Waals surface area (Å²) < 4.78 is 5.35. The van der Waals surface area contributed by atoms with Crippen molar-refractivity contribution in [3.63, 3.8) is 0 Å². The summed E-state index contributed by atoms with van der Waals surface area (Å²) in [5, 5.41) is 6.74. The van der Waals surface area contributed by atoms with E-state index in [0.717, 1.165) is 56.0 Å². The molecular formula is C25H30N4O2. The number of likely N-dealkylation sites (N-methyl/N-ethyl adjacent to an activating group) is 1. The fourth-order valence-corrected chi connectivity index (χ4v) is 5.08. The van der Waals surface area contributed by atoms with Gasteiger partial charge in [0.1, 0.15) is 5.75 Å². The highest BCUT2D eigenvalue weighted by atomic mass is 16.5. The molecule has 2 aliphatic heterocycles. The molecule has 31 heavy (non-hydrogen) atoms. The maximum atomic E-state index is 13.5. The Kier molecular flexibility index (Phi) is 5.50. The highest BCUT2D eigenvalue weighted by molar-refractivity contribution is 6.06. The average Bonchev–Trinajstić information content (AvgIpc) is 3.21. The molecule has 162 valence electrons. The fourth-order valence-electron chi connectivity index (χ4n) is 5.08. The Bertz CT molecular complexity index is 979. The first-order chi connectivity index (χ1) is 15.1. The minimum Gasteiger partial charge on any atom is -0.497 e. The van der Waals surface area contributed by atoms with E-state index in [0.29, 0.717) is 6.54 Å². The molecule has 0 saturated carbocycles. The van der Waals surface area contributed by atoms with Crippen molar-refractivity contribution in [2.45, 2.75) is 18.9 Å². The molecule has 2 aromatic carbocycles. The first-order valence-corrected chi connectivity index (χ1v) is 11.2. The van der Waals surface area contributed by atoms with Crippen LogP contribution in [0.1, 0.15) is 29.2 Å². The van der Waals surface area contributed by atoms with Crippen LogP contribution < -0.4 is 4.74 Å². The standard InChI is InChI=1S/C25H30N4O2/c1-27-13-15-28(16-14-27)17-23(30)29-25(19-7-10-20(31-2)11-8-19)22-12-9-18-5-3-4-6-21(18)24(22)26-29/h3-8,10-11,22,25H,9,12-17H2,1-2H3/t22-,25+/m1/s1. The van der Waals surface area contributed by atoms with Crippen molar-refractivity contribution in [3.8, 4) is 5.75 Å². The lowest BCUT2D eigenvalue weighted by Crippen LogP contribution is -2.48. The molecule has 6 heteroatoms. The minimum atomic E-state index is -0.0609. The van der Waals surface area contributed by atoms with Gasteiger partial charge in [-0.15, -0.1) is 0 Å². The van der Waals surface area contributed by atoms with Crippen LogP contribution in [0.15, 0.2) is 53.6 Å². The maximum absolute atomic E-state index is 13.5. The van der Waals surface area contributed by atoms with Crippen LogP contribution in [0.25, 0.3) is 0 Å². The lowest BCUT2D eigenvalue weighted by atomic mass is 9.77. The summed E-state index contributed by atoms with van der Waals surface area (Å²) in [6.07, 6.45) is 2.03. The fraction of sp³-hybridized carbons (Fsp3) is 0.440. The number of hydrogen-bond acceptors (Lipinski definition) is 5. The SMILES string of the molecule is COc1ccc([C@H]2[C@@H]3CCc4ccccc4C3=NN2C(=O)CN2CCN(C)CC2)cc1. The summed E-state index contributed by atoms with van der Waals surface area (Å²) in [5.74, 6) is 1.14. The largest absolute Gasteiger partial charge is 0.497 e. The van der Waals surface area contributed by atoms with Gasteiger partial charge in [0, 0.05) is 37.7 Å². The van der Waals surface area contributed by atoms with Gasteiger partial charge in [-0.05, 0) is 43.1 Å². The van der Waals surface area contributed by atoms with Crippen molar-refractivity contribution < 1.29 is 9.53 Å². The third-order valence-corrected chi connectivity index (χ3v) is 6.90. The molecule has 1 fully saturated rings. The predicted molar refractivity (Wildman–Crippen MR) is 121 cm³/mol. The molecule has 0 spiro atoms. The molecule has 2 heterocycles. The van der Waals surface area contributed by atoms with Crippen molar-refractivity contribution in [3.05, 3.63) is 65.2 Å². The zero-order valence-electron chi connectivity index (χ0n) is 18.3. The molecule has 0 bridgehead atoms. The number of methoxy groups -OCH3 is 1. The van der Waals surface area contributed by atoms with Gasteiger partial charge in [-0.25, -0.2) is 5.01 Å². The molecule has 1 aliphatic carbocycles. The zero-order chi connectivity index (χ0) is 21.4. The quantitative estimate of drug-likeness (QED) is 0.766. The third kappa shape index (κ3) is 3.86. The topological polar surface area (TPSA) is 48.4 Å². The lowest BCUT2D eigenvalue weighted by molar-refractivity contribution is -0.135. The van der Waals surface area contributed by atoms with E-state index in [9.17, 15) is 4.79 Å². The smallest absolute Gasteiger partial charge is 0.257 e. The number of amides is 1. The number of piperazine rings is 1. The van der Waals surface area contributed by atoms with E-state index < -0.39 is 0 Å². The Morgan fingerprint density at radius 2 is 1.81 bits per heavy atom. The van der Waals surface area contributed by atoms with Crippen LogP contribution in [0.5, 0.6) is 5.75 Å². The van der Waals surface area contributed by atoms with Crippen LogP contribution in [0.3, 0.4) is 0 Å². The first-order valence-electron chi connectivity index (χ1n) is 11.2. The molecule has 1 saturated heterocycles. The second-order valence-corrected chi connectivity index (χ2v) is 8.82. The number of nitrogens with zero attached hydrogens (tertiary/aromatic N) is 4. The number of fused-ring (bicyclic) bond motifs is 3. The summed E-state index contributed by atoms with van der Waals surface area (Å²) in [7, 11) is 3.81. The molecule has 6 nitrogen and oxygen atoms in total. The summed E-state index contributed by atoms with van der Waals surface area (Å²) in [5.41, 5.74) is 4.72. The monoisotopic (exact) mass is 418 g/mol. The van der Waals surface area contributed by atoms with E-state index in [2.05, 4.69) is 53.2 Å². The van der Waals surface area contributed by atoms with Crippen molar-refractivity contribution in [2.75, 3.05) is 46.9 Å². The summed E-state index contributed by atoms with van der Waals surface area (Å²) >= 11 is 0. The van der Waals surface area contributed by atoms with Crippen LogP contribution in [0, 0.1) is 5.92 Å². The van der Waals surface area contributed by atoms with Crippen LogP contribution in [0.2, 0.25) is 0 Å². The van der Waals surface area contributed by atoms with E-state index in [4.69, 9.17) is 9.84 Å². The number of benzene rings is 2. The molecular weight excluding hydrogens is 388 g/mol. The van der Waals surface area contributed by atoms with E-state index in [1.54, 1.807) is 12.1 Å². The second kappa shape index (κ2) is 8.44. The molecule has 0 radical (unpaired) electrons. The number of carbonyl (C=O) groups excluding carboxylic acids is 1. The van der Waals surface area contributed by atoms with Gasteiger partial charge in [-0.2, -0.15) is 5.10 Å². The minimum absolute atomic E-state index is 0.0609. The summed E-state index contributed by atoms with van der Waals surface area (Å²) in [6.45, 7) is 4.27.